The van der Waals surface area contributed by atoms with Crippen molar-refractivity contribution >= 4 is 0 Å². The van der Waals surface area contributed by atoms with Gasteiger partial charge in [-0.3, -0.25) is 0 Å². The van der Waals surface area contributed by atoms with E-state index in [9.17, 15) is 4.39 Å². The zero-order valence-corrected chi connectivity index (χ0v) is 10.4. The van der Waals surface area contributed by atoms with Crippen LogP contribution in [0.15, 0.2) is 24.3 Å². The highest BCUT2D eigenvalue weighted by molar-refractivity contribution is 5.21. The summed E-state index contributed by atoms with van der Waals surface area (Å²) < 4.78 is 13.7. The van der Waals surface area contributed by atoms with Crippen LogP contribution in [0.3, 0.4) is 0 Å². The van der Waals surface area contributed by atoms with Crippen molar-refractivity contribution in [3.05, 3.63) is 41.5 Å². The predicted molar refractivity (Wildman–Crippen MR) is 65.2 cm³/mol. The van der Waals surface area contributed by atoms with Crippen molar-refractivity contribution in [3.8, 4) is 0 Å². The van der Waals surface area contributed by atoms with Crippen LogP contribution in [-0.2, 0) is 0 Å². The Balaban J connectivity index is 2.13. The number of nitrogens with one attached hydrogen (secondary N) is 2. The van der Waals surface area contributed by atoms with Gasteiger partial charge in [0.05, 0.1) is 6.04 Å². The molecule has 0 spiro atoms. The lowest BCUT2D eigenvalue weighted by molar-refractivity contribution is 0.428. The van der Waals surface area contributed by atoms with Gasteiger partial charge in [-0.05, 0) is 19.4 Å². The molecule has 1 aromatic carbocycles. The highest BCUT2D eigenvalue weighted by atomic mass is 19.1. The molecule has 0 saturated carbocycles. The Kier molecular flexibility index (Phi) is 3.99. The smallest absolute Gasteiger partial charge is 0.191 e. The monoisotopic (exact) mass is 249 g/mol. The van der Waals surface area contributed by atoms with E-state index in [1.807, 2.05) is 19.9 Å². The molecule has 0 aliphatic heterocycles. The van der Waals surface area contributed by atoms with Gasteiger partial charge < -0.3 is 5.32 Å². The van der Waals surface area contributed by atoms with Gasteiger partial charge in [0.2, 0.25) is 0 Å². The molecule has 0 bridgehead atoms. The van der Waals surface area contributed by atoms with E-state index in [-0.39, 0.29) is 17.9 Å². The van der Waals surface area contributed by atoms with E-state index < -0.39 is 0 Å². The second kappa shape index (κ2) is 5.68. The molecule has 2 atom stereocenters. The number of H-pyrrole nitrogens is 1. The number of aromatic amines is 1. The van der Waals surface area contributed by atoms with Gasteiger partial charge >= 0.3 is 0 Å². The number of benzene rings is 1. The molecule has 0 radical (unpaired) electrons. The minimum Gasteiger partial charge on any atom is -0.300 e. The standard InChI is InChI=1S/C12H16FN5/c1-3-11(9-6-4-5-7-10(9)13)14-8(2)12-15-17-18-16-12/h4-8,11,14H,3H2,1-2H3,(H,15,16,17,18). The number of rotatable bonds is 5. The molecule has 0 aliphatic carbocycles. The lowest BCUT2D eigenvalue weighted by Crippen LogP contribution is -2.25. The number of aromatic nitrogens is 4. The first kappa shape index (κ1) is 12.6. The maximum Gasteiger partial charge on any atom is 0.191 e. The zero-order chi connectivity index (χ0) is 13.0. The fourth-order valence-corrected chi connectivity index (χ4v) is 1.91. The van der Waals surface area contributed by atoms with Crippen molar-refractivity contribution in [2.75, 3.05) is 0 Å². The Morgan fingerprint density at radius 1 is 1.39 bits per heavy atom. The van der Waals surface area contributed by atoms with Crippen molar-refractivity contribution in [2.24, 2.45) is 0 Å². The Morgan fingerprint density at radius 2 is 2.17 bits per heavy atom. The average Bonchev–Trinajstić information content (AvgIpc) is 2.90. The molecule has 96 valence electrons. The molecular formula is C12H16FN5. The summed E-state index contributed by atoms with van der Waals surface area (Å²) in [5.74, 6) is 0.377. The van der Waals surface area contributed by atoms with Gasteiger partial charge in [0, 0.05) is 11.6 Å². The Bertz CT molecular complexity index is 485. The lowest BCUT2D eigenvalue weighted by Gasteiger charge is -2.21. The van der Waals surface area contributed by atoms with Crippen LogP contribution in [0.25, 0.3) is 0 Å². The first-order chi connectivity index (χ1) is 8.72. The van der Waals surface area contributed by atoms with Crippen molar-refractivity contribution in [1.29, 1.82) is 0 Å². The van der Waals surface area contributed by atoms with Crippen molar-refractivity contribution in [1.82, 2.24) is 25.9 Å². The molecule has 0 aliphatic rings. The van der Waals surface area contributed by atoms with E-state index in [2.05, 4.69) is 25.9 Å². The quantitative estimate of drug-likeness (QED) is 0.852. The normalized spacial score (nSPS) is 14.4. The average molecular weight is 249 g/mol. The summed E-state index contributed by atoms with van der Waals surface area (Å²) >= 11 is 0. The lowest BCUT2D eigenvalue weighted by atomic mass is 10.0. The third kappa shape index (κ3) is 2.70. The van der Waals surface area contributed by atoms with Gasteiger partial charge in [-0.25, -0.2) is 4.39 Å². The third-order valence-corrected chi connectivity index (χ3v) is 2.89. The van der Waals surface area contributed by atoms with Crippen LogP contribution in [0.5, 0.6) is 0 Å². The summed E-state index contributed by atoms with van der Waals surface area (Å²) in [6, 6.07) is 6.63. The van der Waals surface area contributed by atoms with Gasteiger partial charge in [-0.2, -0.15) is 5.21 Å². The molecule has 1 aromatic heterocycles. The SMILES string of the molecule is CCC(NC(C)c1nn[nH]n1)c1ccccc1F. The molecule has 18 heavy (non-hydrogen) atoms. The van der Waals surface area contributed by atoms with E-state index in [0.717, 1.165) is 6.42 Å². The molecule has 2 rings (SSSR count). The molecule has 5 nitrogen and oxygen atoms in total. The molecule has 2 aromatic rings. The second-order valence-electron chi connectivity index (χ2n) is 4.14. The van der Waals surface area contributed by atoms with Gasteiger partial charge in [-0.1, -0.05) is 30.3 Å². The number of nitrogens with zero attached hydrogens (tertiary/aromatic N) is 3. The minimum absolute atomic E-state index is 0.0697. The van der Waals surface area contributed by atoms with Crippen LogP contribution in [0, 0.1) is 5.82 Å². The Hall–Kier alpha value is -1.82. The summed E-state index contributed by atoms with van der Waals surface area (Å²) in [7, 11) is 0. The molecule has 2 N–H and O–H groups in total. The zero-order valence-electron chi connectivity index (χ0n) is 10.4. The Labute approximate surface area is 105 Å². The Morgan fingerprint density at radius 3 is 2.78 bits per heavy atom. The molecular weight excluding hydrogens is 233 g/mol. The van der Waals surface area contributed by atoms with Crippen molar-refractivity contribution in [3.63, 3.8) is 0 Å². The van der Waals surface area contributed by atoms with Crippen LogP contribution in [0.4, 0.5) is 4.39 Å². The molecule has 1 heterocycles. The minimum atomic E-state index is -0.197. The van der Waals surface area contributed by atoms with Crippen molar-refractivity contribution < 1.29 is 4.39 Å². The predicted octanol–water partition coefficient (Wildman–Crippen LogP) is 2.14. The van der Waals surface area contributed by atoms with Gasteiger partial charge in [0.1, 0.15) is 5.82 Å². The molecule has 0 saturated heterocycles. The van der Waals surface area contributed by atoms with E-state index in [1.54, 1.807) is 12.1 Å². The maximum absolute atomic E-state index is 13.7. The summed E-state index contributed by atoms with van der Waals surface area (Å²) in [5.41, 5.74) is 0.662. The van der Waals surface area contributed by atoms with E-state index in [0.29, 0.717) is 11.4 Å². The topological polar surface area (TPSA) is 66.5 Å². The molecule has 0 amide bonds. The number of hydrogen-bond donors (Lipinski definition) is 2. The van der Waals surface area contributed by atoms with E-state index in [1.165, 1.54) is 6.07 Å². The van der Waals surface area contributed by atoms with Crippen LogP contribution >= 0.6 is 0 Å². The van der Waals surface area contributed by atoms with Crippen LogP contribution in [-0.4, -0.2) is 20.6 Å². The maximum atomic E-state index is 13.7. The first-order valence-electron chi connectivity index (χ1n) is 5.96. The van der Waals surface area contributed by atoms with Gasteiger partial charge in [0.15, 0.2) is 5.82 Å². The molecule has 0 fully saturated rings. The van der Waals surface area contributed by atoms with Crippen molar-refractivity contribution in [2.45, 2.75) is 32.4 Å². The molecule has 2 unspecified atom stereocenters. The highest BCUT2D eigenvalue weighted by Crippen LogP contribution is 2.22. The number of hydrogen-bond acceptors (Lipinski definition) is 4. The second-order valence-corrected chi connectivity index (χ2v) is 4.14. The highest BCUT2D eigenvalue weighted by Gasteiger charge is 2.18. The van der Waals surface area contributed by atoms with E-state index in [4.69, 9.17) is 0 Å². The number of halogens is 1. The van der Waals surface area contributed by atoms with Crippen LogP contribution < -0.4 is 5.32 Å². The van der Waals surface area contributed by atoms with Gasteiger partial charge in [0.25, 0.3) is 0 Å². The van der Waals surface area contributed by atoms with Gasteiger partial charge in [-0.15, -0.1) is 10.2 Å². The summed E-state index contributed by atoms with van der Waals surface area (Å²) in [6.45, 7) is 3.93. The first-order valence-corrected chi connectivity index (χ1v) is 5.96. The summed E-state index contributed by atoms with van der Waals surface area (Å²) in [4.78, 5) is 0. The largest absolute Gasteiger partial charge is 0.300 e. The number of tetrazole rings is 1. The molecule has 6 heteroatoms. The summed E-state index contributed by atoms with van der Waals surface area (Å²) in [5, 5.41) is 17.1. The van der Waals surface area contributed by atoms with Crippen LogP contribution in [0.1, 0.15) is 43.7 Å². The third-order valence-electron chi connectivity index (χ3n) is 2.89. The van der Waals surface area contributed by atoms with E-state index >= 15 is 0 Å². The fourth-order valence-electron chi connectivity index (χ4n) is 1.91. The summed E-state index contributed by atoms with van der Waals surface area (Å²) in [6.07, 6.45) is 0.781. The fraction of sp³-hybridized carbons (Fsp3) is 0.417. The van der Waals surface area contributed by atoms with Crippen LogP contribution in [0.2, 0.25) is 0 Å².